The van der Waals surface area contributed by atoms with Crippen LogP contribution in [0.2, 0.25) is 0 Å². The molecule has 2 N–H and O–H groups in total. The standard InChI is InChI=1S/C31H40BNO8S/c1-30(2)20-14-23(30)31(3)24(15-20)40-32(41-31)25(33-26(35)17-42-6)13-19-9-12-22(34)27(29(36)38-5)28(19)39-16-18-7-10-21(37-4)11-8-18/h7-12,20,23-25,34H,13-17H2,1-6H3,(H,33,35)/t20-,23-,24?,25-,31-/m0/s1. The molecule has 2 bridgehead atoms. The molecule has 4 aliphatic rings. The summed E-state index contributed by atoms with van der Waals surface area (Å²) in [7, 11) is 2.16. The maximum atomic E-state index is 12.9. The zero-order chi connectivity index (χ0) is 30.2. The lowest BCUT2D eigenvalue weighted by molar-refractivity contribution is -0.199. The van der Waals surface area contributed by atoms with E-state index in [1.54, 1.807) is 13.2 Å². The first-order valence-electron chi connectivity index (χ1n) is 14.3. The first kappa shape index (κ1) is 30.6. The molecule has 1 heterocycles. The number of carbonyl (C=O) groups is 2. The number of ether oxygens (including phenoxy) is 3. The maximum absolute atomic E-state index is 12.9. The van der Waals surface area contributed by atoms with Gasteiger partial charge in [-0.1, -0.05) is 32.0 Å². The van der Waals surface area contributed by atoms with Gasteiger partial charge in [-0.3, -0.25) is 4.79 Å². The number of nitrogens with one attached hydrogen (secondary N) is 1. The van der Waals surface area contributed by atoms with Crippen LogP contribution in [-0.2, 0) is 31.9 Å². The lowest BCUT2D eigenvalue weighted by Gasteiger charge is -2.64. The first-order chi connectivity index (χ1) is 20.0. The van der Waals surface area contributed by atoms with Crippen LogP contribution in [0, 0.1) is 17.3 Å². The van der Waals surface area contributed by atoms with Crippen LogP contribution in [0.5, 0.6) is 17.2 Å². The zero-order valence-electron chi connectivity index (χ0n) is 25.1. The van der Waals surface area contributed by atoms with Crippen LogP contribution in [-0.4, -0.2) is 68.0 Å². The van der Waals surface area contributed by atoms with E-state index in [2.05, 4.69) is 26.1 Å². The van der Waals surface area contributed by atoms with Crippen LogP contribution in [0.1, 0.15) is 55.1 Å². The number of aromatic hydroxyl groups is 1. The Bertz CT molecular complexity index is 1320. The summed E-state index contributed by atoms with van der Waals surface area (Å²) in [5, 5.41) is 13.8. The number of amides is 1. The monoisotopic (exact) mass is 597 g/mol. The number of benzene rings is 2. The fourth-order valence-corrected chi connectivity index (χ4v) is 7.37. The second-order valence-electron chi connectivity index (χ2n) is 12.2. The lowest BCUT2D eigenvalue weighted by Crippen LogP contribution is -2.65. The SMILES string of the molecule is COC(=O)c1c(O)ccc(C[C@H](NC(=O)CSC)B2OC3C[C@@H]4C[C@@H](C4(C)C)[C@]3(C)O2)c1OCc1ccc(OC)cc1. The summed E-state index contributed by atoms with van der Waals surface area (Å²) in [6.07, 6.45) is 4.09. The van der Waals surface area contributed by atoms with Crippen molar-refractivity contribution in [3.63, 3.8) is 0 Å². The molecule has 11 heteroatoms. The number of hydrogen-bond donors (Lipinski definition) is 2. The number of carbonyl (C=O) groups excluding carboxylic acids is 2. The first-order valence-corrected chi connectivity index (χ1v) is 15.7. The van der Waals surface area contributed by atoms with Crippen molar-refractivity contribution in [1.82, 2.24) is 5.32 Å². The van der Waals surface area contributed by atoms with Gasteiger partial charge in [0.1, 0.15) is 29.4 Å². The van der Waals surface area contributed by atoms with Crippen molar-refractivity contribution >= 4 is 30.8 Å². The third-order valence-corrected chi connectivity index (χ3v) is 10.1. The van der Waals surface area contributed by atoms with Gasteiger partial charge in [-0.2, -0.15) is 11.8 Å². The number of phenolic OH excluding ortho intramolecular Hbond substituents is 1. The van der Waals surface area contributed by atoms with Gasteiger partial charge >= 0.3 is 13.1 Å². The molecule has 4 fully saturated rings. The molecule has 3 saturated carbocycles. The molecule has 0 radical (unpaired) electrons. The van der Waals surface area contributed by atoms with Crippen molar-refractivity contribution in [2.75, 3.05) is 26.2 Å². The summed E-state index contributed by atoms with van der Waals surface area (Å²) in [5.41, 5.74) is 1.09. The average molecular weight is 598 g/mol. The minimum absolute atomic E-state index is 0.0598. The number of thioether (sulfide) groups is 1. The molecule has 0 spiro atoms. The van der Waals surface area contributed by atoms with E-state index < -0.39 is 24.6 Å². The average Bonchev–Trinajstić information content (AvgIpc) is 3.33. The molecule has 1 aliphatic heterocycles. The van der Waals surface area contributed by atoms with Gasteiger partial charge in [0.05, 0.1) is 37.6 Å². The summed E-state index contributed by atoms with van der Waals surface area (Å²) in [6.45, 7) is 6.88. The van der Waals surface area contributed by atoms with Crippen LogP contribution < -0.4 is 14.8 Å². The minimum Gasteiger partial charge on any atom is -0.507 e. The van der Waals surface area contributed by atoms with Crippen LogP contribution in [0.3, 0.4) is 0 Å². The van der Waals surface area contributed by atoms with E-state index in [0.29, 0.717) is 23.1 Å². The van der Waals surface area contributed by atoms with E-state index in [4.69, 9.17) is 23.5 Å². The van der Waals surface area contributed by atoms with Gasteiger partial charge in [0, 0.05) is 0 Å². The Morgan fingerprint density at radius 1 is 1.14 bits per heavy atom. The highest BCUT2D eigenvalue weighted by Crippen LogP contribution is 2.65. The van der Waals surface area contributed by atoms with E-state index in [1.807, 2.05) is 30.5 Å². The van der Waals surface area contributed by atoms with E-state index >= 15 is 0 Å². The van der Waals surface area contributed by atoms with Gasteiger partial charge in [0.15, 0.2) is 0 Å². The topological polar surface area (TPSA) is 113 Å². The predicted octanol–water partition coefficient (Wildman–Crippen LogP) is 4.42. The molecule has 42 heavy (non-hydrogen) atoms. The van der Waals surface area contributed by atoms with Gasteiger partial charge in [0.25, 0.3) is 0 Å². The molecule has 1 unspecified atom stereocenters. The van der Waals surface area contributed by atoms with Crippen LogP contribution in [0.25, 0.3) is 0 Å². The summed E-state index contributed by atoms with van der Waals surface area (Å²) in [5.74, 6) is 0.445. The Labute approximate surface area is 252 Å². The van der Waals surface area contributed by atoms with Crippen LogP contribution >= 0.6 is 11.8 Å². The van der Waals surface area contributed by atoms with Gasteiger partial charge in [0.2, 0.25) is 5.91 Å². The number of phenols is 1. The highest BCUT2D eigenvalue weighted by Gasteiger charge is 2.68. The van der Waals surface area contributed by atoms with E-state index in [-0.39, 0.29) is 53.3 Å². The molecule has 1 amide bonds. The number of methoxy groups -OCH3 is 2. The van der Waals surface area contributed by atoms with Crippen molar-refractivity contribution < 1.29 is 38.2 Å². The Hall–Kier alpha value is -2.89. The molecular formula is C31H40BNO8S. The summed E-state index contributed by atoms with van der Waals surface area (Å²) >= 11 is 1.43. The molecule has 2 aromatic rings. The van der Waals surface area contributed by atoms with Crippen molar-refractivity contribution in [2.45, 2.75) is 64.3 Å². The van der Waals surface area contributed by atoms with Gasteiger partial charge in [-0.15, -0.1) is 0 Å². The fourth-order valence-electron chi connectivity index (χ4n) is 7.02. The Morgan fingerprint density at radius 2 is 1.88 bits per heavy atom. The molecule has 2 aromatic carbocycles. The Balaban J connectivity index is 1.45. The lowest BCUT2D eigenvalue weighted by atomic mass is 9.43. The van der Waals surface area contributed by atoms with E-state index in [9.17, 15) is 14.7 Å². The quantitative estimate of drug-likeness (QED) is 0.287. The van der Waals surface area contributed by atoms with Crippen molar-refractivity contribution in [3.05, 3.63) is 53.1 Å². The van der Waals surface area contributed by atoms with Crippen molar-refractivity contribution in [1.29, 1.82) is 0 Å². The third kappa shape index (κ3) is 5.58. The number of hydrogen-bond acceptors (Lipinski definition) is 9. The summed E-state index contributed by atoms with van der Waals surface area (Å²) in [6, 6.07) is 10.5. The second kappa shape index (κ2) is 12.0. The summed E-state index contributed by atoms with van der Waals surface area (Å²) in [4.78, 5) is 25.7. The van der Waals surface area contributed by atoms with Gasteiger partial charge in [-0.25, -0.2) is 4.79 Å². The highest BCUT2D eigenvalue weighted by atomic mass is 32.2. The van der Waals surface area contributed by atoms with E-state index in [0.717, 1.165) is 18.4 Å². The normalized spacial score (nSPS) is 26.0. The van der Waals surface area contributed by atoms with Gasteiger partial charge in [-0.05, 0) is 79.0 Å². The molecule has 3 aliphatic carbocycles. The second-order valence-corrected chi connectivity index (χ2v) is 13.1. The third-order valence-electron chi connectivity index (χ3n) is 9.51. The predicted molar refractivity (Wildman–Crippen MR) is 161 cm³/mol. The number of rotatable bonds is 11. The zero-order valence-corrected chi connectivity index (χ0v) is 25.9. The van der Waals surface area contributed by atoms with Crippen LogP contribution in [0.15, 0.2) is 36.4 Å². The van der Waals surface area contributed by atoms with Gasteiger partial charge < -0.3 is 33.9 Å². The molecule has 9 nitrogen and oxygen atoms in total. The molecule has 1 saturated heterocycles. The van der Waals surface area contributed by atoms with Crippen molar-refractivity contribution in [3.8, 4) is 17.2 Å². The van der Waals surface area contributed by atoms with Crippen LogP contribution in [0.4, 0.5) is 0 Å². The van der Waals surface area contributed by atoms with Crippen molar-refractivity contribution in [2.24, 2.45) is 17.3 Å². The van der Waals surface area contributed by atoms with E-state index in [1.165, 1.54) is 24.9 Å². The Morgan fingerprint density at radius 3 is 2.52 bits per heavy atom. The molecule has 0 aromatic heterocycles. The molecule has 5 atom stereocenters. The molecule has 226 valence electrons. The highest BCUT2D eigenvalue weighted by molar-refractivity contribution is 7.99. The summed E-state index contributed by atoms with van der Waals surface area (Å²) < 4.78 is 29.7. The smallest absolute Gasteiger partial charge is 0.482 e. The minimum atomic E-state index is -0.726. The molecular weight excluding hydrogens is 557 g/mol. The maximum Gasteiger partial charge on any atom is 0.482 e. The largest absolute Gasteiger partial charge is 0.507 e. The fraction of sp³-hybridized carbons (Fsp3) is 0.548. The Kier molecular flexibility index (Phi) is 8.74. The molecule has 6 rings (SSSR count). The number of esters is 1.